The fourth-order valence-corrected chi connectivity index (χ4v) is 1.48. The number of ether oxygens (including phenoxy) is 2. The maximum atomic E-state index is 11.6. The van der Waals surface area contributed by atoms with Crippen molar-refractivity contribution in [3.63, 3.8) is 0 Å². The Kier molecular flexibility index (Phi) is 5.77. The third kappa shape index (κ3) is 3.80. The lowest BCUT2D eigenvalue weighted by atomic mass is 10.1. The fourth-order valence-electron chi connectivity index (χ4n) is 1.33. The summed E-state index contributed by atoms with van der Waals surface area (Å²) in [6.45, 7) is 0. The summed E-state index contributed by atoms with van der Waals surface area (Å²) in [4.78, 5) is 22.9. The van der Waals surface area contributed by atoms with Crippen molar-refractivity contribution in [1.29, 1.82) is 0 Å². The lowest BCUT2D eigenvalue weighted by Crippen LogP contribution is -2.30. The van der Waals surface area contributed by atoms with Crippen LogP contribution < -0.4 is 5.32 Å². The maximum absolute atomic E-state index is 11.6. The highest BCUT2D eigenvalue weighted by molar-refractivity contribution is 6.30. The molecule has 0 radical (unpaired) electrons. The number of Topliss-reactive ketones (excluding diaryl/α,β-unsaturated/α-hetero) is 1. The van der Waals surface area contributed by atoms with Crippen molar-refractivity contribution in [2.45, 2.75) is 6.29 Å². The average Bonchev–Trinajstić information content (AvgIpc) is 2.40. The number of nitrogens with one attached hydrogen (secondary N) is 1. The van der Waals surface area contributed by atoms with Crippen LogP contribution in [0.1, 0.15) is 10.4 Å². The van der Waals surface area contributed by atoms with Gasteiger partial charge in [0.1, 0.15) is 0 Å². The first-order chi connectivity index (χ1) is 8.62. The van der Waals surface area contributed by atoms with E-state index in [-0.39, 0.29) is 11.7 Å². The van der Waals surface area contributed by atoms with Gasteiger partial charge in [0.05, 0.1) is 5.88 Å². The van der Waals surface area contributed by atoms with E-state index in [1.807, 2.05) is 0 Å². The molecule has 0 atom stereocenters. The summed E-state index contributed by atoms with van der Waals surface area (Å²) in [5, 5.41) is 2.59. The molecule has 18 heavy (non-hydrogen) atoms. The summed E-state index contributed by atoms with van der Waals surface area (Å²) < 4.78 is 9.61. The first-order valence-electron chi connectivity index (χ1n) is 5.18. The Hall–Kier alpha value is -1.43. The molecule has 0 aliphatic carbocycles. The zero-order valence-corrected chi connectivity index (χ0v) is 10.9. The minimum Gasteiger partial charge on any atom is -0.348 e. The van der Waals surface area contributed by atoms with Crippen molar-refractivity contribution in [3.05, 3.63) is 29.8 Å². The molecule has 1 N–H and O–H groups in total. The summed E-state index contributed by atoms with van der Waals surface area (Å²) in [6, 6.07) is 6.41. The van der Waals surface area contributed by atoms with Gasteiger partial charge in [0, 0.05) is 25.5 Å². The highest BCUT2D eigenvalue weighted by Gasteiger charge is 2.16. The van der Waals surface area contributed by atoms with Crippen LogP contribution in [0, 0.1) is 0 Å². The van der Waals surface area contributed by atoms with Gasteiger partial charge in [0.25, 0.3) is 5.91 Å². The summed E-state index contributed by atoms with van der Waals surface area (Å²) in [5.74, 6) is -0.654. The van der Waals surface area contributed by atoms with Gasteiger partial charge in [-0.2, -0.15) is 0 Å². The molecule has 0 aliphatic heterocycles. The van der Waals surface area contributed by atoms with Gasteiger partial charge in [-0.3, -0.25) is 9.59 Å². The van der Waals surface area contributed by atoms with Crippen LogP contribution >= 0.6 is 11.6 Å². The second kappa shape index (κ2) is 7.10. The van der Waals surface area contributed by atoms with Crippen molar-refractivity contribution < 1.29 is 19.1 Å². The number of anilines is 1. The van der Waals surface area contributed by atoms with Gasteiger partial charge < -0.3 is 14.8 Å². The quantitative estimate of drug-likeness (QED) is 0.486. The fraction of sp³-hybridized carbons (Fsp3) is 0.333. The summed E-state index contributed by atoms with van der Waals surface area (Å²) >= 11 is 5.44. The Morgan fingerprint density at radius 1 is 1.22 bits per heavy atom. The molecular weight excluding hydrogens is 258 g/mol. The molecule has 1 aromatic carbocycles. The van der Waals surface area contributed by atoms with E-state index in [4.69, 9.17) is 21.1 Å². The van der Waals surface area contributed by atoms with E-state index in [1.54, 1.807) is 24.3 Å². The normalized spacial score (nSPS) is 10.4. The Morgan fingerprint density at radius 2 is 1.78 bits per heavy atom. The number of benzene rings is 1. The molecule has 0 saturated heterocycles. The van der Waals surface area contributed by atoms with E-state index >= 15 is 0 Å². The van der Waals surface area contributed by atoms with Crippen LogP contribution in [0.25, 0.3) is 0 Å². The largest absolute Gasteiger partial charge is 0.348 e. The molecule has 1 amide bonds. The molecule has 0 aromatic heterocycles. The molecule has 0 heterocycles. The SMILES string of the molecule is COC(OC)C(=O)Nc1ccc(C(=O)CCl)cc1. The van der Waals surface area contributed by atoms with Gasteiger partial charge in [-0.15, -0.1) is 11.6 Å². The van der Waals surface area contributed by atoms with Crippen molar-refractivity contribution >= 4 is 29.0 Å². The molecule has 0 fully saturated rings. The first kappa shape index (κ1) is 14.6. The Balaban J connectivity index is 2.69. The van der Waals surface area contributed by atoms with E-state index < -0.39 is 12.2 Å². The van der Waals surface area contributed by atoms with Crippen LogP contribution in [-0.2, 0) is 14.3 Å². The molecule has 5 nitrogen and oxygen atoms in total. The Labute approximate surface area is 110 Å². The molecule has 6 heteroatoms. The smallest absolute Gasteiger partial charge is 0.281 e. The number of hydrogen-bond donors (Lipinski definition) is 1. The zero-order chi connectivity index (χ0) is 13.5. The molecule has 0 unspecified atom stereocenters. The van der Waals surface area contributed by atoms with Crippen LogP contribution in [0.2, 0.25) is 0 Å². The molecule has 1 rings (SSSR count). The maximum Gasteiger partial charge on any atom is 0.281 e. The zero-order valence-electron chi connectivity index (χ0n) is 10.1. The van der Waals surface area contributed by atoms with E-state index in [2.05, 4.69) is 5.32 Å². The molecule has 0 spiro atoms. The minimum absolute atomic E-state index is 0.0683. The highest BCUT2D eigenvalue weighted by Crippen LogP contribution is 2.11. The van der Waals surface area contributed by atoms with Gasteiger partial charge >= 0.3 is 0 Å². The minimum atomic E-state index is -0.964. The number of carbonyl (C=O) groups excluding carboxylic acids is 2. The van der Waals surface area contributed by atoms with Crippen molar-refractivity contribution in [2.75, 3.05) is 25.4 Å². The summed E-state index contributed by atoms with van der Waals surface area (Å²) in [5.41, 5.74) is 1.04. The van der Waals surface area contributed by atoms with Crippen LogP contribution in [0.4, 0.5) is 5.69 Å². The monoisotopic (exact) mass is 271 g/mol. The topological polar surface area (TPSA) is 64.6 Å². The van der Waals surface area contributed by atoms with Crippen molar-refractivity contribution in [1.82, 2.24) is 0 Å². The van der Waals surface area contributed by atoms with Gasteiger partial charge in [0.15, 0.2) is 5.78 Å². The van der Waals surface area contributed by atoms with Gasteiger partial charge in [0.2, 0.25) is 6.29 Å². The number of ketones is 1. The van der Waals surface area contributed by atoms with E-state index in [1.165, 1.54) is 14.2 Å². The Morgan fingerprint density at radius 3 is 2.22 bits per heavy atom. The van der Waals surface area contributed by atoms with Crippen molar-refractivity contribution in [3.8, 4) is 0 Å². The predicted molar refractivity (Wildman–Crippen MR) is 67.9 cm³/mol. The van der Waals surface area contributed by atoms with E-state index in [9.17, 15) is 9.59 Å². The molecule has 1 aromatic rings. The van der Waals surface area contributed by atoms with Gasteiger partial charge in [-0.05, 0) is 24.3 Å². The summed E-state index contributed by atoms with van der Waals surface area (Å²) in [6.07, 6.45) is -0.964. The number of halogens is 1. The van der Waals surface area contributed by atoms with E-state index in [0.29, 0.717) is 11.3 Å². The average molecular weight is 272 g/mol. The van der Waals surface area contributed by atoms with Gasteiger partial charge in [-0.25, -0.2) is 0 Å². The lowest BCUT2D eigenvalue weighted by molar-refractivity contribution is -0.153. The molecule has 0 bridgehead atoms. The number of hydrogen-bond acceptors (Lipinski definition) is 4. The molecule has 0 saturated carbocycles. The standard InChI is InChI=1S/C12H14ClNO4/c1-17-12(18-2)11(16)14-9-5-3-8(4-6-9)10(15)7-13/h3-6,12H,7H2,1-2H3,(H,14,16). The number of alkyl halides is 1. The number of carbonyl (C=O) groups is 2. The number of methoxy groups -OCH3 is 2. The molecule has 98 valence electrons. The molecular formula is C12H14ClNO4. The third-order valence-electron chi connectivity index (χ3n) is 2.24. The molecule has 0 aliphatic rings. The second-order valence-corrected chi connectivity index (χ2v) is 3.69. The second-order valence-electron chi connectivity index (χ2n) is 3.43. The number of amides is 1. The van der Waals surface area contributed by atoms with Crippen LogP contribution in [0.5, 0.6) is 0 Å². The first-order valence-corrected chi connectivity index (χ1v) is 5.71. The van der Waals surface area contributed by atoms with Crippen LogP contribution in [0.15, 0.2) is 24.3 Å². The van der Waals surface area contributed by atoms with Crippen LogP contribution in [0.3, 0.4) is 0 Å². The highest BCUT2D eigenvalue weighted by atomic mass is 35.5. The van der Waals surface area contributed by atoms with Gasteiger partial charge in [-0.1, -0.05) is 0 Å². The summed E-state index contributed by atoms with van der Waals surface area (Å²) in [7, 11) is 2.74. The third-order valence-corrected chi connectivity index (χ3v) is 2.48. The van der Waals surface area contributed by atoms with Crippen molar-refractivity contribution in [2.24, 2.45) is 0 Å². The number of rotatable bonds is 6. The van der Waals surface area contributed by atoms with Crippen LogP contribution in [-0.4, -0.2) is 38.1 Å². The van der Waals surface area contributed by atoms with E-state index in [0.717, 1.165) is 0 Å². The predicted octanol–water partition coefficient (Wildman–Crippen LogP) is 1.67. The Bertz CT molecular complexity index is 415. The lowest BCUT2D eigenvalue weighted by Gasteiger charge is -2.13.